The van der Waals surface area contributed by atoms with Crippen molar-refractivity contribution in [2.45, 2.75) is 37.6 Å². The lowest BCUT2D eigenvalue weighted by atomic mass is 9.83. The number of aliphatic imine (C=N–C) groups is 1. The summed E-state index contributed by atoms with van der Waals surface area (Å²) in [5.74, 6) is -0.427. The summed E-state index contributed by atoms with van der Waals surface area (Å²) in [4.78, 5) is 20.3. The third-order valence-electron chi connectivity index (χ3n) is 5.75. The lowest BCUT2D eigenvalue weighted by Gasteiger charge is -2.26. The summed E-state index contributed by atoms with van der Waals surface area (Å²) in [6, 6.07) is 11.5. The molecule has 1 amide bonds. The Bertz CT molecular complexity index is 842. The molecule has 1 N–H and O–H groups in total. The minimum atomic E-state index is -1.32. The number of benzene rings is 2. The molecule has 2 heterocycles. The molecule has 0 unspecified atom stereocenters. The van der Waals surface area contributed by atoms with E-state index in [0.717, 1.165) is 26.1 Å². The monoisotopic (exact) mass is 397 g/mol. The van der Waals surface area contributed by atoms with Crippen molar-refractivity contribution < 1.29 is 13.6 Å². The number of hydrogen-bond donors (Lipinski definition) is 1. The third kappa shape index (κ3) is 4.08. The van der Waals surface area contributed by atoms with Crippen molar-refractivity contribution in [3.63, 3.8) is 0 Å². The molecule has 4 rings (SSSR count). The molecule has 0 radical (unpaired) electrons. The summed E-state index contributed by atoms with van der Waals surface area (Å²) in [5, 5.41) is 2.91. The minimum absolute atomic E-state index is 0.288. The summed E-state index contributed by atoms with van der Waals surface area (Å²) in [6.07, 6.45) is 5.36. The lowest BCUT2D eigenvalue weighted by molar-refractivity contribution is -0.122. The van der Waals surface area contributed by atoms with Crippen molar-refractivity contribution in [1.29, 1.82) is 0 Å². The fourth-order valence-corrected chi connectivity index (χ4v) is 4.21. The average molecular weight is 397 g/mol. The number of likely N-dealkylation sites (tertiary alicyclic amines) is 1. The number of carbonyl (C=O) groups is 1. The second-order valence-corrected chi connectivity index (χ2v) is 7.74. The molecule has 0 atom stereocenters. The molecule has 0 aromatic heterocycles. The zero-order chi connectivity index (χ0) is 20.3. The number of hydrogen-bond acceptors (Lipinski definition) is 3. The molecule has 4 nitrogen and oxygen atoms in total. The van der Waals surface area contributed by atoms with Gasteiger partial charge in [0, 0.05) is 6.42 Å². The molecule has 2 aromatic carbocycles. The van der Waals surface area contributed by atoms with Crippen LogP contribution in [0.1, 0.15) is 43.2 Å². The van der Waals surface area contributed by atoms with Crippen LogP contribution in [0.5, 0.6) is 0 Å². The van der Waals surface area contributed by atoms with Gasteiger partial charge in [0.2, 0.25) is 0 Å². The topological polar surface area (TPSA) is 44.7 Å². The first kappa shape index (κ1) is 19.7. The number of carbonyl (C=O) groups excluding carboxylic acids is 1. The van der Waals surface area contributed by atoms with Crippen LogP contribution in [0.3, 0.4) is 0 Å². The third-order valence-corrected chi connectivity index (χ3v) is 5.75. The highest BCUT2D eigenvalue weighted by Gasteiger charge is 2.46. The van der Waals surface area contributed by atoms with Crippen LogP contribution in [0.2, 0.25) is 0 Å². The Morgan fingerprint density at radius 3 is 2.00 bits per heavy atom. The summed E-state index contributed by atoms with van der Waals surface area (Å²) in [6.45, 7) is 3.25. The molecule has 152 valence electrons. The van der Waals surface area contributed by atoms with Gasteiger partial charge in [-0.25, -0.2) is 13.8 Å². The van der Waals surface area contributed by atoms with Crippen LogP contribution in [-0.4, -0.2) is 36.3 Å². The first-order valence-corrected chi connectivity index (χ1v) is 10.2. The van der Waals surface area contributed by atoms with E-state index in [9.17, 15) is 13.6 Å². The first-order valence-electron chi connectivity index (χ1n) is 10.2. The van der Waals surface area contributed by atoms with Crippen molar-refractivity contribution in [2.75, 3.05) is 19.6 Å². The van der Waals surface area contributed by atoms with E-state index >= 15 is 0 Å². The number of rotatable bonds is 6. The Morgan fingerprint density at radius 1 is 0.897 bits per heavy atom. The van der Waals surface area contributed by atoms with Crippen LogP contribution in [0.15, 0.2) is 53.5 Å². The number of nitrogens with zero attached hydrogens (tertiary/aromatic N) is 2. The van der Waals surface area contributed by atoms with Gasteiger partial charge < -0.3 is 10.2 Å². The number of amidine groups is 1. The van der Waals surface area contributed by atoms with Crippen molar-refractivity contribution in [3.8, 4) is 0 Å². The summed E-state index contributed by atoms with van der Waals surface area (Å²) in [5.41, 5.74) is -0.190. The molecule has 0 saturated carbocycles. The average Bonchev–Trinajstić information content (AvgIpc) is 3.07. The first-order chi connectivity index (χ1) is 14.1. The van der Waals surface area contributed by atoms with Gasteiger partial charge in [-0.2, -0.15) is 0 Å². The Hall–Kier alpha value is -2.60. The summed E-state index contributed by atoms with van der Waals surface area (Å²) >= 11 is 0. The lowest BCUT2D eigenvalue weighted by Crippen LogP contribution is -2.38. The van der Waals surface area contributed by atoms with E-state index in [1.165, 1.54) is 43.5 Å². The predicted molar refractivity (Wildman–Crippen MR) is 109 cm³/mol. The molecule has 2 aliphatic rings. The molecule has 6 heteroatoms. The molecule has 1 fully saturated rings. The van der Waals surface area contributed by atoms with Gasteiger partial charge in [0.15, 0.2) is 5.54 Å². The van der Waals surface area contributed by atoms with Crippen molar-refractivity contribution >= 4 is 11.7 Å². The zero-order valence-corrected chi connectivity index (χ0v) is 16.3. The predicted octanol–water partition coefficient (Wildman–Crippen LogP) is 4.00. The summed E-state index contributed by atoms with van der Waals surface area (Å²) in [7, 11) is 0. The highest BCUT2D eigenvalue weighted by atomic mass is 19.1. The van der Waals surface area contributed by atoms with Crippen LogP contribution in [-0.2, 0) is 10.3 Å². The molecular formula is C23H25F2N3O. The maximum atomic E-state index is 13.5. The quantitative estimate of drug-likeness (QED) is 0.801. The Kier molecular flexibility index (Phi) is 5.72. The maximum absolute atomic E-state index is 13.5. The van der Waals surface area contributed by atoms with Gasteiger partial charge in [-0.3, -0.25) is 4.79 Å². The van der Waals surface area contributed by atoms with E-state index in [4.69, 9.17) is 4.99 Å². The SMILES string of the molecule is O=C1NC(CCCN2CCCCC2)=NC1(c1ccc(F)cc1)c1ccc(F)cc1. The van der Waals surface area contributed by atoms with Crippen molar-refractivity contribution in [2.24, 2.45) is 4.99 Å². The summed E-state index contributed by atoms with van der Waals surface area (Å²) < 4.78 is 27.0. The minimum Gasteiger partial charge on any atom is -0.312 e. The molecule has 0 bridgehead atoms. The smallest absolute Gasteiger partial charge is 0.262 e. The van der Waals surface area contributed by atoms with E-state index in [1.807, 2.05) is 0 Å². The normalized spacial score (nSPS) is 19.1. The molecule has 2 aliphatic heterocycles. The molecule has 1 saturated heterocycles. The van der Waals surface area contributed by atoms with Gasteiger partial charge in [0.05, 0.1) is 0 Å². The van der Waals surface area contributed by atoms with Gasteiger partial charge in [-0.1, -0.05) is 30.7 Å². The Labute approximate surface area is 169 Å². The van der Waals surface area contributed by atoms with Gasteiger partial charge in [0.1, 0.15) is 17.5 Å². The number of piperidine rings is 1. The van der Waals surface area contributed by atoms with Crippen LogP contribution in [0.25, 0.3) is 0 Å². The number of amides is 1. The van der Waals surface area contributed by atoms with Gasteiger partial charge in [-0.05, 0) is 74.3 Å². The van der Waals surface area contributed by atoms with Crippen LogP contribution < -0.4 is 5.32 Å². The number of nitrogens with one attached hydrogen (secondary N) is 1. The van der Waals surface area contributed by atoms with Crippen LogP contribution in [0, 0.1) is 11.6 Å². The van der Waals surface area contributed by atoms with E-state index in [-0.39, 0.29) is 17.5 Å². The second-order valence-electron chi connectivity index (χ2n) is 7.74. The largest absolute Gasteiger partial charge is 0.312 e. The van der Waals surface area contributed by atoms with Gasteiger partial charge in [0.25, 0.3) is 5.91 Å². The standard InChI is InChI=1S/C23H25F2N3O/c24-19-10-6-17(7-11-19)23(18-8-12-20(25)13-9-18)22(29)26-21(27-23)5-4-16-28-14-2-1-3-15-28/h6-13H,1-5,14-16H2,(H,26,27,29). The zero-order valence-electron chi connectivity index (χ0n) is 16.3. The second kappa shape index (κ2) is 8.41. The highest BCUT2D eigenvalue weighted by Crippen LogP contribution is 2.37. The molecule has 0 aliphatic carbocycles. The molecule has 29 heavy (non-hydrogen) atoms. The van der Waals surface area contributed by atoms with E-state index in [2.05, 4.69) is 10.2 Å². The molecule has 2 aromatic rings. The number of halogens is 2. The van der Waals surface area contributed by atoms with Crippen LogP contribution in [0.4, 0.5) is 8.78 Å². The molecular weight excluding hydrogens is 372 g/mol. The molecule has 0 spiro atoms. The fraction of sp³-hybridized carbons (Fsp3) is 0.391. The van der Waals surface area contributed by atoms with Gasteiger partial charge >= 0.3 is 0 Å². The van der Waals surface area contributed by atoms with Crippen molar-refractivity contribution in [1.82, 2.24) is 10.2 Å². The maximum Gasteiger partial charge on any atom is 0.262 e. The van der Waals surface area contributed by atoms with E-state index in [1.54, 1.807) is 24.3 Å². The van der Waals surface area contributed by atoms with Gasteiger partial charge in [-0.15, -0.1) is 0 Å². The fourth-order valence-electron chi connectivity index (χ4n) is 4.21. The van der Waals surface area contributed by atoms with Crippen molar-refractivity contribution in [3.05, 3.63) is 71.3 Å². The van der Waals surface area contributed by atoms with E-state index < -0.39 is 5.54 Å². The van der Waals surface area contributed by atoms with E-state index in [0.29, 0.717) is 23.4 Å². The Balaban J connectivity index is 1.60. The highest BCUT2D eigenvalue weighted by molar-refractivity contribution is 6.10. The van der Waals surface area contributed by atoms with Crippen LogP contribution >= 0.6 is 0 Å². The Morgan fingerprint density at radius 2 is 1.45 bits per heavy atom.